The van der Waals surface area contributed by atoms with Gasteiger partial charge >= 0.3 is 0 Å². The first kappa shape index (κ1) is 18.7. The largest absolute Gasteiger partial charge is 0.482 e. The van der Waals surface area contributed by atoms with Crippen LogP contribution in [0, 0.1) is 0 Å². The molecule has 0 spiro atoms. The minimum Gasteiger partial charge on any atom is -0.482 e. The molecule has 7 nitrogen and oxygen atoms in total. The molecule has 0 fully saturated rings. The molecule has 0 unspecified atom stereocenters. The number of carbonyl (C=O) groups is 3. The van der Waals surface area contributed by atoms with E-state index in [1.165, 1.54) is 11.8 Å². The number of ketones is 1. The highest BCUT2D eigenvalue weighted by Crippen LogP contribution is 2.34. The molecule has 2 aromatic rings. The number of anilines is 1. The van der Waals surface area contributed by atoms with Crippen molar-refractivity contribution in [1.29, 1.82) is 0 Å². The van der Waals surface area contributed by atoms with Gasteiger partial charge in [-0.2, -0.15) is 0 Å². The van der Waals surface area contributed by atoms with Gasteiger partial charge in [0.1, 0.15) is 11.5 Å². The fourth-order valence-electron chi connectivity index (χ4n) is 2.73. The second kappa shape index (κ2) is 7.65. The summed E-state index contributed by atoms with van der Waals surface area (Å²) in [6.45, 7) is 5.42. The third kappa shape index (κ3) is 4.02. The van der Waals surface area contributed by atoms with Gasteiger partial charge in [0.25, 0.3) is 11.8 Å². The molecule has 0 saturated carbocycles. The van der Waals surface area contributed by atoms with Gasteiger partial charge in [0.2, 0.25) is 0 Å². The Morgan fingerprint density at radius 1 is 1.26 bits per heavy atom. The van der Waals surface area contributed by atoms with Crippen molar-refractivity contribution in [3.05, 3.63) is 47.4 Å². The SMILES string of the molecule is CC[C@H](C)NC(=O)c1ccc(CN2C(=O)COc3ccc(C(C)=O)cc32)o1. The maximum absolute atomic E-state index is 12.4. The number of benzene rings is 1. The molecule has 1 aromatic carbocycles. The first-order valence-electron chi connectivity index (χ1n) is 8.86. The van der Waals surface area contributed by atoms with Crippen molar-refractivity contribution in [2.45, 2.75) is 39.8 Å². The summed E-state index contributed by atoms with van der Waals surface area (Å²) < 4.78 is 11.1. The number of Topliss-reactive ketones (excluding diaryl/α,β-unsaturated/α-hetero) is 1. The first-order valence-corrected chi connectivity index (χ1v) is 8.86. The van der Waals surface area contributed by atoms with Crippen LogP contribution < -0.4 is 15.0 Å². The number of ether oxygens (including phenoxy) is 1. The van der Waals surface area contributed by atoms with Crippen LogP contribution in [0.4, 0.5) is 5.69 Å². The highest BCUT2D eigenvalue weighted by atomic mass is 16.5. The van der Waals surface area contributed by atoms with Crippen molar-refractivity contribution in [2.75, 3.05) is 11.5 Å². The summed E-state index contributed by atoms with van der Waals surface area (Å²) in [5.74, 6) is 0.564. The molecule has 1 aliphatic heterocycles. The van der Waals surface area contributed by atoms with Crippen LogP contribution in [-0.2, 0) is 11.3 Å². The van der Waals surface area contributed by atoms with Crippen LogP contribution in [0.3, 0.4) is 0 Å². The van der Waals surface area contributed by atoms with Crippen LogP contribution >= 0.6 is 0 Å². The summed E-state index contributed by atoms with van der Waals surface area (Å²) in [4.78, 5) is 37.7. The van der Waals surface area contributed by atoms with E-state index in [1.54, 1.807) is 30.3 Å². The lowest BCUT2D eigenvalue weighted by molar-refractivity contribution is -0.121. The number of fused-ring (bicyclic) bond motifs is 1. The van der Waals surface area contributed by atoms with Gasteiger partial charge in [0.15, 0.2) is 18.2 Å². The predicted molar refractivity (Wildman–Crippen MR) is 99.1 cm³/mol. The average molecular weight is 370 g/mol. The summed E-state index contributed by atoms with van der Waals surface area (Å²) in [7, 11) is 0. The molecule has 27 heavy (non-hydrogen) atoms. The molecule has 0 saturated heterocycles. The predicted octanol–water partition coefficient (Wildman–Crippen LogP) is 2.94. The molecular formula is C20H22N2O5. The number of rotatable bonds is 6. The maximum Gasteiger partial charge on any atom is 0.287 e. The minimum absolute atomic E-state index is 0.0451. The molecule has 1 atom stereocenters. The van der Waals surface area contributed by atoms with Gasteiger partial charge < -0.3 is 14.5 Å². The van der Waals surface area contributed by atoms with E-state index in [9.17, 15) is 14.4 Å². The van der Waals surface area contributed by atoms with Crippen LogP contribution in [0.5, 0.6) is 5.75 Å². The van der Waals surface area contributed by atoms with Gasteiger partial charge in [0, 0.05) is 11.6 Å². The van der Waals surface area contributed by atoms with Crippen LogP contribution in [0.1, 0.15) is 53.9 Å². The Morgan fingerprint density at radius 2 is 2.04 bits per heavy atom. The zero-order valence-corrected chi connectivity index (χ0v) is 15.6. The van der Waals surface area contributed by atoms with Gasteiger partial charge in [-0.3, -0.25) is 19.3 Å². The van der Waals surface area contributed by atoms with E-state index in [0.29, 0.717) is 22.8 Å². The highest BCUT2D eigenvalue weighted by molar-refractivity contribution is 6.01. The van der Waals surface area contributed by atoms with Gasteiger partial charge in [0.05, 0.1) is 12.2 Å². The molecule has 0 aliphatic carbocycles. The fourth-order valence-corrected chi connectivity index (χ4v) is 2.73. The standard InChI is InChI=1S/C20H22N2O5/c1-4-12(2)21-20(25)18-8-6-15(27-18)10-22-16-9-14(13(3)23)5-7-17(16)26-11-19(22)24/h5-9,12H,4,10-11H2,1-3H3,(H,21,25)/t12-/m0/s1. The topological polar surface area (TPSA) is 88.9 Å². The number of nitrogens with one attached hydrogen (secondary N) is 1. The van der Waals surface area contributed by atoms with E-state index in [-0.39, 0.29) is 42.6 Å². The Bertz CT molecular complexity index is 886. The molecule has 0 radical (unpaired) electrons. The van der Waals surface area contributed by atoms with E-state index < -0.39 is 0 Å². The molecular weight excluding hydrogens is 348 g/mol. The van der Waals surface area contributed by atoms with Gasteiger partial charge in [-0.05, 0) is 50.6 Å². The van der Waals surface area contributed by atoms with Crippen molar-refractivity contribution in [3.63, 3.8) is 0 Å². The van der Waals surface area contributed by atoms with E-state index in [0.717, 1.165) is 6.42 Å². The quantitative estimate of drug-likeness (QED) is 0.790. The summed E-state index contributed by atoms with van der Waals surface area (Å²) in [5, 5.41) is 2.84. The van der Waals surface area contributed by atoms with E-state index in [2.05, 4.69) is 5.32 Å². The molecule has 3 rings (SSSR count). The van der Waals surface area contributed by atoms with Crippen LogP contribution in [0.25, 0.3) is 0 Å². The van der Waals surface area contributed by atoms with Crippen molar-refractivity contribution in [2.24, 2.45) is 0 Å². The molecule has 2 amide bonds. The molecule has 142 valence electrons. The number of furan rings is 1. The Morgan fingerprint density at radius 3 is 2.74 bits per heavy atom. The lowest BCUT2D eigenvalue weighted by Crippen LogP contribution is -2.38. The lowest BCUT2D eigenvalue weighted by atomic mass is 10.1. The zero-order chi connectivity index (χ0) is 19.6. The first-order chi connectivity index (χ1) is 12.9. The maximum atomic E-state index is 12.4. The van der Waals surface area contributed by atoms with Gasteiger partial charge in [-0.15, -0.1) is 0 Å². The number of carbonyl (C=O) groups excluding carboxylic acids is 3. The van der Waals surface area contributed by atoms with Crippen molar-refractivity contribution < 1.29 is 23.5 Å². The Balaban J connectivity index is 1.82. The van der Waals surface area contributed by atoms with Crippen molar-refractivity contribution in [3.8, 4) is 5.75 Å². The van der Waals surface area contributed by atoms with E-state index >= 15 is 0 Å². The number of hydrogen-bond donors (Lipinski definition) is 1. The molecule has 1 aromatic heterocycles. The Kier molecular flexibility index (Phi) is 5.30. The normalized spacial score (nSPS) is 14.3. The number of hydrogen-bond acceptors (Lipinski definition) is 5. The monoisotopic (exact) mass is 370 g/mol. The van der Waals surface area contributed by atoms with Gasteiger partial charge in [-0.25, -0.2) is 0 Å². The summed E-state index contributed by atoms with van der Waals surface area (Å²) >= 11 is 0. The third-order valence-electron chi connectivity index (χ3n) is 4.50. The summed E-state index contributed by atoms with van der Waals surface area (Å²) in [6.07, 6.45) is 0.816. The zero-order valence-electron chi connectivity index (χ0n) is 15.6. The number of amides is 2. The fraction of sp³-hybridized carbons (Fsp3) is 0.350. The average Bonchev–Trinajstić information content (AvgIpc) is 3.12. The second-order valence-corrected chi connectivity index (χ2v) is 6.56. The molecule has 0 bridgehead atoms. The highest BCUT2D eigenvalue weighted by Gasteiger charge is 2.27. The smallest absolute Gasteiger partial charge is 0.287 e. The van der Waals surface area contributed by atoms with Gasteiger partial charge in [-0.1, -0.05) is 6.92 Å². The Labute approximate surface area is 157 Å². The lowest BCUT2D eigenvalue weighted by Gasteiger charge is -2.29. The summed E-state index contributed by atoms with van der Waals surface area (Å²) in [6, 6.07) is 8.28. The van der Waals surface area contributed by atoms with E-state index in [4.69, 9.17) is 9.15 Å². The minimum atomic E-state index is -0.289. The van der Waals surface area contributed by atoms with E-state index in [1.807, 2.05) is 13.8 Å². The third-order valence-corrected chi connectivity index (χ3v) is 4.50. The molecule has 2 heterocycles. The van der Waals surface area contributed by atoms with Crippen molar-refractivity contribution in [1.82, 2.24) is 5.32 Å². The van der Waals surface area contributed by atoms with Crippen molar-refractivity contribution >= 4 is 23.3 Å². The molecule has 1 N–H and O–H groups in total. The number of nitrogens with zero attached hydrogens (tertiary/aromatic N) is 1. The van der Waals surface area contributed by atoms with Crippen LogP contribution in [0.2, 0.25) is 0 Å². The summed E-state index contributed by atoms with van der Waals surface area (Å²) in [5.41, 5.74) is 1.01. The molecule has 1 aliphatic rings. The van der Waals surface area contributed by atoms with Crippen LogP contribution in [0.15, 0.2) is 34.7 Å². The van der Waals surface area contributed by atoms with Crippen LogP contribution in [-0.4, -0.2) is 30.2 Å². The molecule has 7 heteroatoms. The second-order valence-electron chi connectivity index (χ2n) is 6.56. The Hall–Kier alpha value is -3.09.